The van der Waals surface area contributed by atoms with Gasteiger partial charge in [0.25, 0.3) is 0 Å². The molecule has 0 saturated heterocycles. The molecule has 2 aromatic rings. The fourth-order valence-electron chi connectivity index (χ4n) is 0.965. The van der Waals surface area contributed by atoms with E-state index in [1.165, 1.54) is 0 Å². The number of aromatic amines is 2. The number of nitrogens with one attached hydrogen (secondary N) is 2. The van der Waals surface area contributed by atoms with Crippen molar-refractivity contribution in [3.63, 3.8) is 0 Å². The maximum absolute atomic E-state index is 4.83. The van der Waals surface area contributed by atoms with E-state index in [-0.39, 0.29) is 0 Å². The van der Waals surface area contributed by atoms with E-state index in [0.717, 1.165) is 5.69 Å². The van der Waals surface area contributed by atoms with Gasteiger partial charge in [-0.3, -0.25) is 10.2 Å². The molecule has 0 aliphatic carbocycles. The van der Waals surface area contributed by atoms with Gasteiger partial charge in [-0.25, -0.2) is 4.68 Å². The second kappa shape index (κ2) is 3.04. The first-order valence-corrected chi connectivity index (χ1v) is 4.59. The maximum Gasteiger partial charge on any atom is 0.213 e. The summed E-state index contributed by atoms with van der Waals surface area (Å²) in [7, 11) is 1.78. The van der Waals surface area contributed by atoms with Crippen LogP contribution in [-0.4, -0.2) is 30.2 Å². The minimum absolute atomic E-state index is 0.406. The van der Waals surface area contributed by atoms with E-state index in [2.05, 4.69) is 41.4 Å². The summed E-state index contributed by atoms with van der Waals surface area (Å²) in [6.45, 7) is 0. The van der Waals surface area contributed by atoms with Gasteiger partial charge in [0.1, 0.15) is 5.69 Å². The summed E-state index contributed by atoms with van der Waals surface area (Å²) in [6, 6.07) is 0. The molecule has 8 heteroatoms. The summed E-state index contributed by atoms with van der Waals surface area (Å²) >= 11 is 8.09. The van der Waals surface area contributed by atoms with E-state index >= 15 is 0 Å². The van der Waals surface area contributed by atoms with E-state index in [9.17, 15) is 0 Å². The monoisotopic (exact) mass is 260 g/mol. The molecule has 0 spiro atoms. The van der Waals surface area contributed by atoms with E-state index < -0.39 is 0 Å². The van der Waals surface area contributed by atoms with Gasteiger partial charge < -0.3 is 0 Å². The van der Waals surface area contributed by atoms with Crippen molar-refractivity contribution in [2.24, 2.45) is 7.05 Å². The van der Waals surface area contributed by atoms with Crippen molar-refractivity contribution >= 4 is 28.1 Å². The normalized spacial score (nSPS) is 10.6. The fraction of sp³-hybridized carbons (Fsp3) is 0.200. The molecule has 0 radical (unpaired) electrons. The highest BCUT2D eigenvalue weighted by atomic mass is 79.9. The number of aromatic nitrogens is 6. The number of nitrogens with zero attached hydrogens (tertiary/aromatic N) is 4. The number of aryl methyl sites for hydroxylation is 1. The van der Waals surface area contributed by atoms with Crippen LogP contribution in [0.5, 0.6) is 0 Å². The van der Waals surface area contributed by atoms with Gasteiger partial charge in [0, 0.05) is 7.05 Å². The molecule has 0 bridgehead atoms. The lowest BCUT2D eigenvalue weighted by Crippen LogP contribution is -1.95. The van der Waals surface area contributed by atoms with Gasteiger partial charge in [-0.1, -0.05) is 5.21 Å². The largest absolute Gasteiger partial charge is 0.280 e. The highest BCUT2D eigenvalue weighted by Gasteiger charge is 2.12. The Kier molecular flexibility index (Phi) is 2.00. The molecule has 0 aliphatic rings. The molecule has 2 rings (SSSR count). The number of H-pyrrole nitrogens is 2. The number of hydrogen-bond acceptors (Lipinski definition) is 4. The Morgan fingerprint density at radius 1 is 1.46 bits per heavy atom. The second-order valence-electron chi connectivity index (χ2n) is 2.37. The van der Waals surface area contributed by atoms with E-state index in [4.69, 9.17) is 12.2 Å². The second-order valence-corrected chi connectivity index (χ2v) is 3.51. The summed E-state index contributed by atoms with van der Waals surface area (Å²) in [6.07, 6.45) is 0. The number of hydrogen-bond donors (Lipinski definition) is 2. The van der Waals surface area contributed by atoms with Crippen molar-refractivity contribution in [2.45, 2.75) is 0 Å². The van der Waals surface area contributed by atoms with Crippen LogP contribution in [0.4, 0.5) is 0 Å². The summed E-state index contributed by atoms with van der Waals surface area (Å²) in [5, 5.41) is 13.2. The van der Waals surface area contributed by atoms with Crippen molar-refractivity contribution in [3.8, 4) is 11.5 Å². The van der Waals surface area contributed by atoms with E-state index in [1.807, 2.05) is 0 Å². The molecular weight excluding hydrogens is 256 g/mol. The minimum Gasteiger partial charge on any atom is -0.280 e. The Labute approximate surface area is 86.5 Å². The van der Waals surface area contributed by atoms with Gasteiger partial charge in [0.05, 0.1) is 0 Å². The van der Waals surface area contributed by atoms with E-state index in [0.29, 0.717) is 15.2 Å². The Bertz CT molecular complexity index is 462. The Morgan fingerprint density at radius 2 is 2.23 bits per heavy atom. The zero-order valence-electron chi connectivity index (χ0n) is 6.58. The Morgan fingerprint density at radius 3 is 2.69 bits per heavy atom. The summed E-state index contributed by atoms with van der Waals surface area (Å²) in [5.41, 5.74) is 0.757. The summed E-state index contributed by atoms with van der Waals surface area (Å²) in [4.78, 5) is 4.05. The van der Waals surface area contributed by atoms with Crippen molar-refractivity contribution < 1.29 is 0 Å². The van der Waals surface area contributed by atoms with Gasteiger partial charge in [-0.2, -0.15) is 4.98 Å². The molecule has 6 nitrogen and oxygen atoms in total. The smallest absolute Gasteiger partial charge is 0.213 e. The molecule has 0 fully saturated rings. The third-order valence-corrected chi connectivity index (χ3v) is 2.24. The van der Waals surface area contributed by atoms with Crippen molar-refractivity contribution in [3.05, 3.63) is 9.37 Å². The van der Waals surface area contributed by atoms with Crippen LogP contribution in [-0.2, 0) is 7.05 Å². The highest BCUT2D eigenvalue weighted by Crippen LogP contribution is 2.21. The third-order valence-electron chi connectivity index (χ3n) is 1.51. The maximum atomic E-state index is 4.83. The Balaban J connectivity index is 2.64. The predicted octanol–water partition coefficient (Wildman–Crippen LogP) is 1.03. The molecule has 0 aliphatic heterocycles. The zero-order valence-corrected chi connectivity index (χ0v) is 8.98. The standard InChI is InChI=1S/C5H5BrN6S/c1-12-2(3(6)8-11-12)4-7-5(13)10-9-4/h1H3,(H2,7,9,10,13). The van der Waals surface area contributed by atoms with E-state index in [1.54, 1.807) is 11.7 Å². The number of rotatable bonds is 1. The first-order valence-electron chi connectivity index (χ1n) is 3.38. The van der Waals surface area contributed by atoms with Gasteiger partial charge in [-0.15, -0.1) is 5.10 Å². The molecule has 0 amide bonds. The molecule has 13 heavy (non-hydrogen) atoms. The summed E-state index contributed by atoms with van der Waals surface area (Å²) < 4.78 is 2.64. The quantitative estimate of drug-likeness (QED) is 0.751. The Hall–Kier alpha value is -1.02. The first kappa shape index (κ1) is 8.57. The molecular formula is C5H5BrN6S. The highest BCUT2D eigenvalue weighted by molar-refractivity contribution is 9.10. The lowest BCUT2D eigenvalue weighted by molar-refractivity contribution is 0.717. The van der Waals surface area contributed by atoms with Gasteiger partial charge >= 0.3 is 0 Å². The van der Waals surface area contributed by atoms with Crippen LogP contribution < -0.4 is 0 Å². The average molecular weight is 261 g/mol. The average Bonchev–Trinajstić information content (AvgIpc) is 2.60. The summed E-state index contributed by atoms with van der Waals surface area (Å²) in [5.74, 6) is 0.615. The van der Waals surface area contributed by atoms with Crippen molar-refractivity contribution in [1.82, 2.24) is 30.2 Å². The molecule has 2 aromatic heterocycles. The third kappa shape index (κ3) is 1.42. The minimum atomic E-state index is 0.406. The molecule has 0 unspecified atom stereocenters. The SMILES string of the molecule is Cn1nnc(Br)c1-c1nc(=S)[nH][nH]1. The van der Waals surface area contributed by atoms with Crippen LogP contribution in [0.25, 0.3) is 11.5 Å². The van der Waals surface area contributed by atoms with Crippen LogP contribution >= 0.6 is 28.1 Å². The molecule has 2 N–H and O–H groups in total. The van der Waals surface area contributed by atoms with Crippen LogP contribution in [0.3, 0.4) is 0 Å². The topological polar surface area (TPSA) is 75.2 Å². The van der Waals surface area contributed by atoms with Crippen LogP contribution in [0.1, 0.15) is 0 Å². The first-order chi connectivity index (χ1) is 6.18. The predicted molar refractivity (Wildman–Crippen MR) is 51.5 cm³/mol. The van der Waals surface area contributed by atoms with Crippen LogP contribution in [0.15, 0.2) is 4.60 Å². The van der Waals surface area contributed by atoms with Crippen molar-refractivity contribution in [2.75, 3.05) is 0 Å². The molecule has 0 saturated carbocycles. The number of halogens is 1. The van der Waals surface area contributed by atoms with Crippen LogP contribution in [0, 0.1) is 4.77 Å². The zero-order chi connectivity index (χ0) is 9.42. The van der Waals surface area contributed by atoms with Gasteiger partial charge in [0.2, 0.25) is 4.77 Å². The van der Waals surface area contributed by atoms with Gasteiger partial charge in [0.15, 0.2) is 10.4 Å². The van der Waals surface area contributed by atoms with Crippen LogP contribution in [0.2, 0.25) is 0 Å². The molecule has 68 valence electrons. The van der Waals surface area contributed by atoms with Crippen molar-refractivity contribution in [1.29, 1.82) is 0 Å². The molecule has 0 atom stereocenters. The lowest BCUT2D eigenvalue weighted by Gasteiger charge is -1.94. The van der Waals surface area contributed by atoms with Gasteiger partial charge in [-0.05, 0) is 28.1 Å². The fourth-order valence-corrected chi connectivity index (χ4v) is 1.62. The molecule has 0 aromatic carbocycles. The molecule has 2 heterocycles. The lowest BCUT2D eigenvalue weighted by atomic mass is 10.4.